The summed E-state index contributed by atoms with van der Waals surface area (Å²) in [4.78, 5) is 0. The molecule has 140 valence electrons. The van der Waals surface area contributed by atoms with E-state index in [0.717, 1.165) is 0 Å². The Morgan fingerprint density at radius 2 is 0.821 bits per heavy atom. The zero-order valence-electron chi connectivity index (χ0n) is 16.2. The van der Waals surface area contributed by atoms with Gasteiger partial charge >= 0.3 is 170 Å². The first-order valence-electron chi connectivity index (χ1n) is 9.76. The van der Waals surface area contributed by atoms with Crippen LogP contribution in [-0.2, 0) is 0 Å². The van der Waals surface area contributed by atoms with Crippen molar-refractivity contribution in [2.75, 3.05) is 12.6 Å². The average Bonchev–Trinajstić information content (AvgIpc) is 2.80. The molecule has 4 rings (SSSR count). The maximum atomic E-state index is 2.54. The molecule has 0 bridgehead atoms. The Bertz CT molecular complexity index is 905. The van der Waals surface area contributed by atoms with Crippen LogP contribution in [0.3, 0.4) is 0 Å². The molecular formula is C26H26P2. The van der Waals surface area contributed by atoms with Gasteiger partial charge in [0.05, 0.1) is 0 Å². The summed E-state index contributed by atoms with van der Waals surface area (Å²) >= 11 is 0. The first kappa shape index (κ1) is 19.1. The second-order valence-corrected chi connectivity index (χ2v) is 14.3. The van der Waals surface area contributed by atoms with Gasteiger partial charge in [-0.25, -0.2) is 0 Å². The minimum absolute atomic E-state index is 0.424. The summed E-state index contributed by atoms with van der Waals surface area (Å²) in [5.74, 6) is 1.21. The van der Waals surface area contributed by atoms with Crippen molar-refractivity contribution in [2.45, 2.75) is 0 Å². The van der Waals surface area contributed by atoms with Crippen molar-refractivity contribution < 1.29 is 0 Å². The predicted molar refractivity (Wildman–Crippen MR) is 130 cm³/mol. The van der Waals surface area contributed by atoms with Crippen molar-refractivity contribution >= 4 is 36.4 Å². The van der Waals surface area contributed by atoms with Crippen LogP contribution in [0.25, 0.3) is 0 Å². The molecule has 0 aromatic heterocycles. The van der Waals surface area contributed by atoms with Crippen molar-refractivity contribution in [1.82, 2.24) is 0 Å². The molecule has 4 aromatic carbocycles. The van der Waals surface area contributed by atoms with E-state index in [1.165, 1.54) is 27.1 Å². The van der Waals surface area contributed by atoms with Crippen LogP contribution in [0.5, 0.6) is 0 Å². The normalized spacial score (nSPS) is 12.1. The Kier molecular flexibility index (Phi) is 6.01. The fraction of sp³-hybridized carbons (Fsp3) is 0.0769. The summed E-state index contributed by atoms with van der Waals surface area (Å²) in [5.41, 5.74) is 0. The predicted octanol–water partition coefficient (Wildman–Crippen LogP) is 5.11. The monoisotopic (exact) mass is 400 g/mol. The summed E-state index contributed by atoms with van der Waals surface area (Å²) in [5, 5.41) is 5.96. The van der Waals surface area contributed by atoms with Crippen molar-refractivity contribution in [3.8, 4) is 0 Å². The van der Waals surface area contributed by atoms with Crippen LogP contribution in [0, 0.1) is 0 Å². The van der Waals surface area contributed by atoms with Gasteiger partial charge in [-0.05, 0) is 0 Å². The Hall–Kier alpha value is -2.26. The van der Waals surface area contributed by atoms with Gasteiger partial charge in [0.2, 0.25) is 0 Å². The fourth-order valence-electron chi connectivity index (χ4n) is 3.82. The van der Waals surface area contributed by atoms with E-state index in [2.05, 4.69) is 128 Å². The molecule has 0 spiro atoms. The van der Waals surface area contributed by atoms with E-state index in [1.807, 2.05) is 0 Å². The molecule has 0 nitrogen and oxygen atoms in total. The molecule has 0 aliphatic carbocycles. The molecule has 0 saturated heterocycles. The van der Waals surface area contributed by atoms with E-state index >= 15 is 0 Å². The zero-order valence-corrected chi connectivity index (χ0v) is 18.1. The molecule has 0 heterocycles. The molecule has 28 heavy (non-hydrogen) atoms. The molecule has 0 radical (unpaired) electrons. The molecule has 4 aromatic rings. The van der Waals surface area contributed by atoms with Crippen molar-refractivity contribution in [3.63, 3.8) is 0 Å². The Balaban J connectivity index is 1.84. The summed E-state index contributed by atoms with van der Waals surface area (Å²) in [6.45, 7) is 2.54. The van der Waals surface area contributed by atoms with Crippen molar-refractivity contribution in [1.29, 1.82) is 0 Å². The van der Waals surface area contributed by atoms with E-state index in [0.29, 0.717) is 0 Å². The van der Waals surface area contributed by atoms with Gasteiger partial charge < -0.3 is 0 Å². The number of hydrogen-bond donors (Lipinski definition) is 0. The molecule has 0 saturated carbocycles. The van der Waals surface area contributed by atoms with Crippen molar-refractivity contribution in [3.05, 3.63) is 121 Å². The van der Waals surface area contributed by atoms with Gasteiger partial charge in [0.1, 0.15) is 0 Å². The summed E-state index contributed by atoms with van der Waals surface area (Å²) in [6.07, 6.45) is 0. The molecule has 0 fully saturated rings. The SMILES string of the molecule is C[PH](CP(c1ccccc1)c1ccccc1)(c1ccccc1)c1ccccc1. The van der Waals surface area contributed by atoms with Gasteiger partial charge in [-0.15, -0.1) is 0 Å². The molecule has 0 aliphatic heterocycles. The third-order valence-electron chi connectivity index (χ3n) is 5.43. The van der Waals surface area contributed by atoms with Crippen LogP contribution in [0.4, 0.5) is 0 Å². The molecule has 0 N–H and O–H groups in total. The zero-order chi connectivity index (χ0) is 19.2. The first-order valence-corrected chi connectivity index (χ1v) is 14.0. The Morgan fingerprint density at radius 1 is 0.500 bits per heavy atom. The van der Waals surface area contributed by atoms with Gasteiger partial charge in [0.25, 0.3) is 0 Å². The average molecular weight is 400 g/mol. The topological polar surface area (TPSA) is 0 Å². The minimum atomic E-state index is -1.90. The van der Waals surface area contributed by atoms with Crippen LogP contribution in [0.15, 0.2) is 121 Å². The van der Waals surface area contributed by atoms with Crippen LogP contribution in [0.1, 0.15) is 0 Å². The van der Waals surface area contributed by atoms with Gasteiger partial charge in [-0.3, -0.25) is 0 Å². The molecule has 0 aliphatic rings. The van der Waals surface area contributed by atoms with Gasteiger partial charge in [0, 0.05) is 0 Å². The molecule has 2 heteroatoms. The van der Waals surface area contributed by atoms with E-state index in [-0.39, 0.29) is 0 Å². The Morgan fingerprint density at radius 3 is 1.18 bits per heavy atom. The van der Waals surface area contributed by atoms with Crippen LogP contribution >= 0.6 is 15.2 Å². The van der Waals surface area contributed by atoms with E-state index in [4.69, 9.17) is 0 Å². The van der Waals surface area contributed by atoms with Crippen LogP contribution in [0.2, 0.25) is 0 Å². The number of benzene rings is 4. The number of hydrogen-bond acceptors (Lipinski definition) is 0. The molecular weight excluding hydrogens is 374 g/mol. The summed E-state index contributed by atoms with van der Waals surface area (Å²) in [6, 6.07) is 44.5. The first-order chi connectivity index (χ1) is 13.8. The van der Waals surface area contributed by atoms with Gasteiger partial charge in [0.15, 0.2) is 0 Å². The molecule has 0 atom stereocenters. The van der Waals surface area contributed by atoms with Crippen LogP contribution < -0.4 is 21.2 Å². The van der Waals surface area contributed by atoms with E-state index in [1.54, 1.807) is 0 Å². The fourth-order valence-corrected chi connectivity index (χ4v) is 12.8. The molecule has 0 unspecified atom stereocenters. The van der Waals surface area contributed by atoms with E-state index < -0.39 is 15.2 Å². The van der Waals surface area contributed by atoms with Gasteiger partial charge in [-0.2, -0.15) is 0 Å². The van der Waals surface area contributed by atoms with Crippen molar-refractivity contribution in [2.24, 2.45) is 0 Å². The quantitative estimate of drug-likeness (QED) is 0.395. The summed E-state index contributed by atoms with van der Waals surface area (Å²) < 4.78 is 0. The summed E-state index contributed by atoms with van der Waals surface area (Å²) in [7, 11) is -2.33. The third-order valence-corrected chi connectivity index (χ3v) is 14.3. The molecule has 0 amide bonds. The standard InChI is InChI=1S/C26H26P2/c1-28(25-18-10-4-11-19-25,26-20-12-5-13-21-26)22-27(23-14-6-2-7-15-23)24-16-8-3-9-17-24/h2-21,28H,22H2,1H3. The van der Waals surface area contributed by atoms with E-state index in [9.17, 15) is 0 Å². The third kappa shape index (κ3) is 4.10. The number of rotatable bonds is 6. The second kappa shape index (κ2) is 8.83. The second-order valence-electron chi connectivity index (χ2n) is 7.32. The van der Waals surface area contributed by atoms with Crippen LogP contribution in [-0.4, -0.2) is 12.6 Å². The van der Waals surface area contributed by atoms with Gasteiger partial charge in [-0.1, -0.05) is 0 Å². The Labute approximate surface area is 170 Å². The maximum absolute atomic E-state index is 2.54.